The van der Waals surface area contributed by atoms with Gasteiger partial charge < -0.3 is 5.73 Å². The number of aromatic nitrogens is 3. The Balaban J connectivity index is 0.00000121. The van der Waals surface area contributed by atoms with Crippen molar-refractivity contribution in [3.63, 3.8) is 0 Å². The lowest BCUT2D eigenvalue weighted by Crippen LogP contribution is -2.48. The van der Waals surface area contributed by atoms with Gasteiger partial charge in [-0.2, -0.15) is 5.10 Å². The molecular weight excluding hydrogens is 369 g/mol. The summed E-state index contributed by atoms with van der Waals surface area (Å²) in [6.07, 6.45) is 6.00. The van der Waals surface area contributed by atoms with Gasteiger partial charge in [-0.25, -0.2) is 9.67 Å². The van der Waals surface area contributed by atoms with Crippen LogP contribution >= 0.6 is 24.8 Å². The molecule has 26 heavy (non-hydrogen) atoms. The zero-order valence-corrected chi connectivity index (χ0v) is 17.1. The molecule has 1 saturated heterocycles. The average Bonchev–Trinajstić information content (AvgIpc) is 3.10. The molecule has 1 aliphatic carbocycles. The van der Waals surface area contributed by atoms with Crippen molar-refractivity contribution in [2.75, 3.05) is 13.1 Å². The predicted molar refractivity (Wildman–Crippen MR) is 109 cm³/mol. The van der Waals surface area contributed by atoms with E-state index in [1.165, 1.54) is 35.1 Å². The molecule has 2 N–H and O–H groups in total. The maximum Gasteiger partial charge on any atom is 0.137 e. The van der Waals surface area contributed by atoms with Crippen molar-refractivity contribution in [1.29, 1.82) is 0 Å². The van der Waals surface area contributed by atoms with Gasteiger partial charge in [-0.15, -0.1) is 24.8 Å². The Labute approximate surface area is 168 Å². The molecule has 3 atom stereocenters. The molecule has 1 unspecified atom stereocenters. The highest BCUT2D eigenvalue weighted by molar-refractivity contribution is 5.85. The minimum absolute atomic E-state index is 0. The van der Waals surface area contributed by atoms with Crippen molar-refractivity contribution in [2.24, 2.45) is 17.6 Å². The van der Waals surface area contributed by atoms with Crippen LogP contribution in [0.1, 0.15) is 35.1 Å². The largest absolute Gasteiger partial charge is 0.327 e. The Morgan fingerprint density at radius 1 is 1.00 bits per heavy atom. The molecule has 2 fully saturated rings. The number of halogens is 2. The van der Waals surface area contributed by atoms with Gasteiger partial charge in [-0.3, -0.25) is 4.90 Å². The summed E-state index contributed by atoms with van der Waals surface area (Å²) in [5.74, 6) is 1.40. The normalized spacial score (nSPS) is 24.8. The molecule has 0 amide bonds. The number of nitrogens with zero attached hydrogens (tertiary/aromatic N) is 4. The third-order valence-electron chi connectivity index (χ3n) is 5.97. The summed E-state index contributed by atoms with van der Waals surface area (Å²) in [7, 11) is 0. The number of benzene rings is 1. The van der Waals surface area contributed by atoms with Gasteiger partial charge in [0, 0.05) is 25.7 Å². The van der Waals surface area contributed by atoms with E-state index in [0.717, 1.165) is 26.2 Å². The molecule has 2 aromatic rings. The zero-order chi connectivity index (χ0) is 16.7. The number of fused-ring (bicyclic) bond motifs is 2. The zero-order valence-electron chi connectivity index (χ0n) is 15.5. The molecule has 7 heteroatoms. The highest BCUT2D eigenvalue weighted by atomic mass is 35.5. The minimum atomic E-state index is 0. The van der Waals surface area contributed by atoms with Crippen molar-refractivity contribution in [1.82, 2.24) is 19.7 Å². The lowest BCUT2D eigenvalue weighted by atomic mass is 9.92. The molecule has 1 aromatic carbocycles. The van der Waals surface area contributed by atoms with E-state index in [1.54, 1.807) is 12.7 Å². The molecule has 2 aliphatic rings. The number of rotatable bonds is 4. The highest BCUT2D eigenvalue weighted by Crippen LogP contribution is 2.36. The third kappa shape index (κ3) is 4.22. The fraction of sp³-hybridized carbons (Fsp3) is 0.579. The summed E-state index contributed by atoms with van der Waals surface area (Å²) < 4.78 is 1.89. The van der Waals surface area contributed by atoms with Gasteiger partial charge in [0.1, 0.15) is 12.7 Å². The first-order valence-electron chi connectivity index (χ1n) is 8.99. The SMILES string of the molecule is Cc1cc(C)c(Cn2cncn2)cc1CN1C[C@H]2CC[C@@H](C1)C2N.Cl.Cl. The van der Waals surface area contributed by atoms with Crippen LogP contribution in [-0.4, -0.2) is 38.8 Å². The average molecular weight is 398 g/mol. The second-order valence-corrected chi connectivity index (χ2v) is 7.67. The second kappa shape index (κ2) is 8.70. The van der Waals surface area contributed by atoms with Gasteiger partial charge in [-0.05, 0) is 60.8 Å². The Morgan fingerprint density at radius 2 is 1.62 bits per heavy atom. The van der Waals surface area contributed by atoms with Crippen LogP contribution in [0.15, 0.2) is 24.8 Å². The van der Waals surface area contributed by atoms with Crippen molar-refractivity contribution in [2.45, 2.75) is 45.8 Å². The monoisotopic (exact) mass is 397 g/mol. The van der Waals surface area contributed by atoms with Gasteiger partial charge in [0.25, 0.3) is 0 Å². The van der Waals surface area contributed by atoms with Crippen LogP contribution in [0.3, 0.4) is 0 Å². The molecule has 2 heterocycles. The molecule has 2 bridgehead atoms. The van der Waals surface area contributed by atoms with Crippen LogP contribution in [-0.2, 0) is 13.1 Å². The number of hydrogen-bond donors (Lipinski definition) is 1. The van der Waals surface area contributed by atoms with E-state index < -0.39 is 0 Å². The predicted octanol–water partition coefficient (Wildman–Crippen LogP) is 2.96. The van der Waals surface area contributed by atoms with Crippen LogP contribution in [0.4, 0.5) is 0 Å². The Kier molecular flexibility index (Phi) is 7.08. The fourth-order valence-electron chi connectivity index (χ4n) is 4.51. The summed E-state index contributed by atoms with van der Waals surface area (Å²) in [4.78, 5) is 6.66. The summed E-state index contributed by atoms with van der Waals surface area (Å²) >= 11 is 0. The van der Waals surface area contributed by atoms with Gasteiger partial charge in [-0.1, -0.05) is 12.1 Å². The number of nitrogens with two attached hydrogens (primary N) is 1. The van der Waals surface area contributed by atoms with Crippen molar-refractivity contribution >= 4 is 24.8 Å². The molecular formula is C19H29Cl2N5. The van der Waals surface area contributed by atoms with Crippen LogP contribution in [0.25, 0.3) is 0 Å². The Morgan fingerprint density at radius 3 is 2.19 bits per heavy atom. The first-order chi connectivity index (χ1) is 11.6. The van der Waals surface area contributed by atoms with E-state index >= 15 is 0 Å². The molecule has 5 nitrogen and oxygen atoms in total. The lowest BCUT2D eigenvalue weighted by molar-refractivity contribution is 0.140. The maximum atomic E-state index is 6.35. The molecule has 0 spiro atoms. The molecule has 1 aliphatic heterocycles. The molecule has 0 radical (unpaired) electrons. The summed E-state index contributed by atoms with van der Waals surface area (Å²) in [5.41, 5.74) is 11.8. The lowest BCUT2D eigenvalue weighted by Gasteiger charge is -2.36. The Hall–Kier alpha value is -1.14. The van der Waals surface area contributed by atoms with Gasteiger partial charge in [0.05, 0.1) is 6.54 Å². The minimum Gasteiger partial charge on any atom is -0.327 e. The van der Waals surface area contributed by atoms with Crippen molar-refractivity contribution in [3.8, 4) is 0 Å². The van der Waals surface area contributed by atoms with Gasteiger partial charge in [0.2, 0.25) is 0 Å². The smallest absolute Gasteiger partial charge is 0.137 e. The van der Waals surface area contributed by atoms with Crippen LogP contribution in [0.5, 0.6) is 0 Å². The summed E-state index contributed by atoms with van der Waals surface area (Å²) in [5, 5.41) is 4.24. The summed E-state index contributed by atoms with van der Waals surface area (Å²) in [6.45, 7) is 8.55. The number of likely N-dealkylation sites (tertiary alicyclic amines) is 1. The topological polar surface area (TPSA) is 60.0 Å². The first-order valence-corrected chi connectivity index (χ1v) is 8.99. The van der Waals surface area contributed by atoms with E-state index in [2.05, 4.69) is 41.0 Å². The van der Waals surface area contributed by atoms with Crippen molar-refractivity contribution in [3.05, 3.63) is 47.0 Å². The second-order valence-electron chi connectivity index (χ2n) is 7.67. The van der Waals surface area contributed by atoms with Crippen molar-refractivity contribution < 1.29 is 0 Å². The van der Waals surface area contributed by atoms with E-state index in [1.807, 2.05) is 4.68 Å². The number of piperidine rings is 1. The van der Waals surface area contributed by atoms with E-state index in [0.29, 0.717) is 17.9 Å². The molecule has 1 saturated carbocycles. The van der Waals surface area contributed by atoms with Crippen LogP contribution in [0.2, 0.25) is 0 Å². The molecule has 4 rings (SSSR count). The summed E-state index contributed by atoms with van der Waals surface area (Å²) in [6, 6.07) is 5.11. The fourth-order valence-corrected chi connectivity index (χ4v) is 4.51. The maximum absolute atomic E-state index is 6.35. The van der Waals surface area contributed by atoms with E-state index in [4.69, 9.17) is 5.73 Å². The number of hydrogen-bond acceptors (Lipinski definition) is 4. The standard InChI is InChI=1S/C19H27N5.2ClH/c1-13-5-14(2)18(10-24-12-21-11-22-24)6-17(13)9-23-7-15-3-4-16(8-23)19(15)20;;/h5-6,11-12,15-16,19H,3-4,7-10,20H2,1-2H3;2*1H/t15-,16+,19?;;. The van der Waals surface area contributed by atoms with Crippen LogP contribution < -0.4 is 5.73 Å². The van der Waals surface area contributed by atoms with Gasteiger partial charge in [0.15, 0.2) is 0 Å². The van der Waals surface area contributed by atoms with E-state index in [-0.39, 0.29) is 24.8 Å². The first kappa shape index (κ1) is 21.2. The molecule has 144 valence electrons. The van der Waals surface area contributed by atoms with Crippen LogP contribution in [0, 0.1) is 25.7 Å². The number of aryl methyl sites for hydroxylation is 2. The van der Waals surface area contributed by atoms with Gasteiger partial charge >= 0.3 is 0 Å². The van der Waals surface area contributed by atoms with E-state index in [9.17, 15) is 0 Å². The third-order valence-corrected chi connectivity index (χ3v) is 5.97. The highest BCUT2D eigenvalue weighted by Gasteiger charge is 2.39. The Bertz CT molecular complexity index is 705. The molecule has 1 aromatic heterocycles. The quantitative estimate of drug-likeness (QED) is 0.861.